The Hall–Kier alpha value is 1.56. The van der Waals surface area contributed by atoms with Crippen LogP contribution in [0.5, 0.6) is 0 Å². The molecule has 0 atom stereocenters. The zero-order valence-electron chi connectivity index (χ0n) is 9.36. The monoisotopic (exact) mass is 186 g/mol. The van der Waals surface area contributed by atoms with Crippen LogP contribution < -0.4 is 51.4 Å². The Bertz CT molecular complexity index is 33.3. The van der Waals surface area contributed by atoms with Gasteiger partial charge in [0.25, 0.3) is 0 Å². The summed E-state index contributed by atoms with van der Waals surface area (Å²) in [5.74, 6) is 6.81. The topological polar surface area (TPSA) is 27.0 Å². The van der Waals surface area contributed by atoms with Gasteiger partial charge in [-0.15, -0.1) is 0 Å². The predicted molar refractivity (Wildman–Crippen MR) is 49.9 cm³/mol. The first-order valence-corrected chi connectivity index (χ1v) is 4.19. The molecule has 0 fully saturated rings. The van der Waals surface area contributed by atoms with Gasteiger partial charge >= 0.3 is 51.4 Å². The molecule has 0 rings (SSSR count). The van der Waals surface area contributed by atoms with E-state index >= 15 is 0 Å². The van der Waals surface area contributed by atoms with Crippen LogP contribution in [0.2, 0.25) is 0 Å². The van der Waals surface area contributed by atoms with E-state index in [-0.39, 0.29) is 51.4 Å². The van der Waals surface area contributed by atoms with Crippen molar-refractivity contribution >= 4 is 0 Å². The first-order chi connectivity index (χ1) is 4.77. The van der Waals surface area contributed by atoms with Gasteiger partial charge in [0.2, 0.25) is 0 Å². The normalized spacial score (nSPS) is 6.55. The first kappa shape index (κ1) is 22.9. The van der Waals surface area contributed by atoms with Gasteiger partial charge in [-0.3, -0.25) is 0 Å². The van der Waals surface area contributed by atoms with Gasteiger partial charge in [0.05, 0.1) is 0 Å². The van der Waals surface area contributed by atoms with E-state index in [1.54, 1.807) is 7.05 Å². The molecule has 66 valence electrons. The Labute approximate surface area is 115 Å². The average molecular weight is 186 g/mol. The van der Waals surface area contributed by atoms with Crippen molar-refractivity contribution in [3.8, 4) is 0 Å². The fourth-order valence-electron chi connectivity index (χ4n) is 0.335. The molecule has 0 aliphatic carbocycles. The molecule has 0 bridgehead atoms. The Balaban J connectivity index is -0.0000000428. The van der Waals surface area contributed by atoms with Crippen molar-refractivity contribution in [1.82, 2.24) is 5.01 Å². The molecule has 11 heavy (non-hydrogen) atoms. The van der Waals surface area contributed by atoms with Gasteiger partial charge in [0.15, 0.2) is 0 Å². The van der Waals surface area contributed by atoms with Crippen LogP contribution in [0.3, 0.4) is 0 Å². The second-order valence-electron chi connectivity index (χ2n) is 1.42. The standard InChI is InChI=1S/C4H11N2.2C2H6.K/c1-3-4-6(2)5;2*1-2;/h5H,3-4H2,1-2H3;2*1-2H3;/q-1;;;+1. The third-order valence-corrected chi connectivity index (χ3v) is 0.559. The number of nitrogens with zero attached hydrogens (tertiary/aromatic N) is 1. The van der Waals surface area contributed by atoms with E-state index in [2.05, 4.69) is 6.92 Å². The van der Waals surface area contributed by atoms with Gasteiger partial charge in [-0.05, 0) is 20.0 Å². The molecule has 0 aliphatic heterocycles. The fraction of sp³-hybridized carbons (Fsp3) is 1.00. The minimum absolute atomic E-state index is 0. The van der Waals surface area contributed by atoms with Gasteiger partial charge in [-0.1, -0.05) is 34.6 Å². The number of nitrogens with one attached hydrogen (secondary N) is 1. The average Bonchev–Trinajstić information content (AvgIpc) is 1.96. The van der Waals surface area contributed by atoms with Crippen molar-refractivity contribution in [3.63, 3.8) is 0 Å². The Morgan fingerprint density at radius 3 is 1.36 bits per heavy atom. The zero-order chi connectivity index (χ0) is 8.99. The molecule has 0 saturated carbocycles. The molecule has 1 N–H and O–H groups in total. The van der Waals surface area contributed by atoms with Gasteiger partial charge in [0, 0.05) is 0 Å². The minimum atomic E-state index is 0. The summed E-state index contributed by atoms with van der Waals surface area (Å²) in [7, 11) is 1.75. The molecule has 0 radical (unpaired) electrons. The number of hydrogen-bond acceptors (Lipinski definition) is 1. The van der Waals surface area contributed by atoms with Crippen molar-refractivity contribution in [3.05, 3.63) is 5.84 Å². The summed E-state index contributed by atoms with van der Waals surface area (Å²) in [5, 5.41) is 1.43. The molecule has 0 heterocycles. The molecule has 0 amide bonds. The smallest absolute Gasteiger partial charge is 0.610 e. The summed E-state index contributed by atoms with van der Waals surface area (Å²) >= 11 is 0. The SMILES string of the molecule is CC.CC.CCCN(C)[NH-].[K+]. The van der Waals surface area contributed by atoms with Crippen LogP contribution in [0, 0.1) is 0 Å². The van der Waals surface area contributed by atoms with Gasteiger partial charge in [-0.25, -0.2) is 0 Å². The van der Waals surface area contributed by atoms with E-state index in [0.717, 1.165) is 13.0 Å². The molecule has 0 aromatic heterocycles. The predicted octanol–water partition coefficient (Wildman–Crippen LogP) is 0.352. The van der Waals surface area contributed by atoms with E-state index in [9.17, 15) is 0 Å². The van der Waals surface area contributed by atoms with Crippen LogP contribution >= 0.6 is 0 Å². The Morgan fingerprint density at radius 2 is 1.36 bits per heavy atom. The number of hydrogen-bond donors (Lipinski definition) is 0. The molecule has 0 unspecified atom stereocenters. The summed E-state index contributed by atoms with van der Waals surface area (Å²) in [6.07, 6.45) is 1.07. The molecule has 0 saturated heterocycles. The maximum Gasteiger partial charge on any atom is 1.00 e. The van der Waals surface area contributed by atoms with Crippen molar-refractivity contribution in [2.75, 3.05) is 13.6 Å². The van der Waals surface area contributed by atoms with Gasteiger partial charge in [0.1, 0.15) is 0 Å². The molecule has 0 aromatic rings. The van der Waals surface area contributed by atoms with Crippen molar-refractivity contribution in [2.24, 2.45) is 0 Å². The number of rotatable bonds is 2. The summed E-state index contributed by atoms with van der Waals surface area (Å²) < 4.78 is 0. The van der Waals surface area contributed by atoms with Crippen LogP contribution in [0.4, 0.5) is 0 Å². The van der Waals surface area contributed by atoms with Gasteiger partial charge < -0.3 is 10.9 Å². The van der Waals surface area contributed by atoms with E-state index in [1.165, 1.54) is 5.01 Å². The minimum Gasteiger partial charge on any atom is -0.610 e. The summed E-state index contributed by atoms with van der Waals surface area (Å²) in [6.45, 7) is 10.9. The molecule has 0 aromatic carbocycles. The van der Waals surface area contributed by atoms with Crippen LogP contribution in [0.25, 0.3) is 5.84 Å². The molecular weight excluding hydrogens is 163 g/mol. The van der Waals surface area contributed by atoms with Crippen LogP contribution in [0.15, 0.2) is 0 Å². The zero-order valence-corrected chi connectivity index (χ0v) is 12.5. The second-order valence-corrected chi connectivity index (χ2v) is 1.42. The van der Waals surface area contributed by atoms with Crippen LogP contribution in [-0.2, 0) is 0 Å². The van der Waals surface area contributed by atoms with Crippen LogP contribution in [0.1, 0.15) is 41.0 Å². The maximum atomic E-state index is 6.81. The summed E-state index contributed by atoms with van der Waals surface area (Å²) in [5.41, 5.74) is 0. The summed E-state index contributed by atoms with van der Waals surface area (Å²) in [6, 6.07) is 0. The van der Waals surface area contributed by atoms with E-state index < -0.39 is 0 Å². The fourth-order valence-corrected chi connectivity index (χ4v) is 0.335. The Kier molecular flexibility index (Phi) is 62.4. The largest absolute Gasteiger partial charge is 1.00 e. The van der Waals surface area contributed by atoms with Gasteiger partial charge in [-0.2, -0.15) is 0 Å². The molecule has 2 nitrogen and oxygen atoms in total. The second kappa shape index (κ2) is 30.0. The van der Waals surface area contributed by atoms with Crippen molar-refractivity contribution in [2.45, 2.75) is 41.0 Å². The van der Waals surface area contributed by atoms with E-state index in [1.807, 2.05) is 27.7 Å². The van der Waals surface area contributed by atoms with E-state index in [0.29, 0.717) is 0 Å². The van der Waals surface area contributed by atoms with Crippen LogP contribution in [-0.4, -0.2) is 18.6 Å². The molecule has 0 aliphatic rings. The molecule has 0 spiro atoms. The summed E-state index contributed by atoms with van der Waals surface area (Å²) in [4.78, 5) is 0. The maximum absolute atomic E-state index is 6.81. The van der Waals surface area contributed by atoms with Crippen molar-refractivity contribution in [1.29, 1.82) is 0 Å². The third-order valence-electron chi connectivity index (χ3n) is 0.559. The molecular formula is C8H23KN2. The third kappa shape index (κ3) is 50.8. The Morgan fingerprint density at radius 1 is 1.09 bits per heavy atom. The quantitative estimate of drug-likeness (QED) is 0.452. The first-order valence-electron chi connectivity index (χ1n) is 4.19. The molecule has 3 heteroatoms. The van der Waals surface area contributed by atoms with Crippen molar-refractivity contribution < 1.29 is 51.4 Å². The van der Waals surface area contributed by atoms with E-state index in [4.69, 9.17) is 5.84 Å².